The van der Waals surface area contributed by atoms with Crippen LogP contribution in [0.2, 0.25) is 0 Å². The van der Waals surface area contributed by atoms with Crippen molar-refractivity contribution < 1.29 is 8.76 Å². The van der Waals surface area contributed by atoms with Gasteiger partial charge >= 0.3 is 0 Å². The molecule has 2 atom stereocenters. The molecule has 24 heavy (non-hydrogen) atoms. The van der Waals surface area contributed by atoms with Crippen LogP contribution in [0.15, 0.2) is 53.5 Å². The highest BCUT2D eigenvalue weighted by Crippen LogP contribution is 2.27. The maximum absolute atomic E-state index is 11.4. The molecule has 3 rings (SSSR count). The predicted octanol–water partition coefficient (Wildman–Crippen LogP) is 2.46. The molecular weight excluding hydrogens is 350 g/mol. The van der Waals surface area contributed by atoms with Gasteiger partial charge in [0.1, 0.15) is 5.65 Å². The minimum absolute atomic E-state index is 0. The minimum Gasteiger partial charge on any atom is -0.760 e. The first-order valence-corrected chi connectivity index (χ1v) is 8.06. The van der Waals surface area contributed by atoms with Gasteiger partial charge in [-0.15, -0.1) is 12.4 Å². The standard InChI is InChI=1S/C16H15N3O3S.ClH/c1-10(19-23(21)22)11-2-4-12(5-3-11)13-8-9-17-16-14(13)6-7-15(20)18-16;/h2-10,19H,1H3,(H,21,22)(H,17,18,20);1H/p-1/t10-;/m1./s1. The number of H-pyrrole nitrogens is 1. The number of rotatable bonds is 4. The Morgan fingerprint density at radius 1 is 1.17 bits per heavy atom. The van der Waals surface area contributed by atoms with E-state index in [0.717, 1.165) is 22.1 Å². The maximum Gasteiger partial charge on any atom is 0.249 e. The molecule has 1 aromatic carbocycles. The average Bonchev–Trinajstić information content (AvgIpc) is 2.53. The van der Waals surface area contributed by atoms with E-state index in [2.05, 4.69) is 14.7 Å². The lowest BCUT2D eigenvalue weighted by Gasteiger charge is -2.16. The molecule has 0 radical (unpaired) electrons. The first-order chi connectivity index (χ1) is 11.0. The van der Waals surface area contributed by atoms with Gasteiger partial charge in [-0.25, -0.2) is 9.71 Å². The molecule has 0 bridgehead atoms. The van der Waals surface area contributed by atoms with Gasteiger partial charge in [-0.05, 0) is 35.7 Å². The molecule has 8 heteroatoms. The third-order valence-corrected chi connectivity index (χ3v) is 4.17. The fourth-order valence-corrected chi connectivity index (χ4v) is 2.90. The van der Waals surface area contributed by atoms with Crippen molar-refractivity contribution in [2.45, 2.75) is 13.0 Å². The Bertz CT molecular complexity index is 928. The van der Waals surface area contributed by atoms with Crippen LogP contribution < -0.4 is 10.3 Å². The highest BCUT2D eigenvalue weighted by atomic mass is 35.5. The molecular formula is C16H15ClN3O3S-. The molecule has 0 fully saturated rings. The first-order valence-electron chi connectivity index (χ1n) is 6.98. The Hall–Kier alpha value is -2.06. The topological polar surface area (TPSA) is 97.9 Å². The summed E-state index contributed by atoms with van der Waals surface area (Å²) in [5.74, 6) is 0. The molecule has 0 aliphatic heterocycles. The summed E-state index contributed by atoms with van der Waals surface area (Å²) in [5.41, 5.74) is 3.12. The first kappa shape index (κ1) is 18.3. The summed E-state index contributed by atoms with van der Waals surface area (Å²) in [6.07, 6.45) is 1.65. The molecule has 0 saturated carbocycles. The summed E-state index contributed by atoms with van der Waals surface area (Å²) < 4.78 is 23.8. The molecule has 126 valence electrons. The molecule has 0 spiro atoms. The van der Waals surface area contributed by atoms with Gasteiger partial charge in [-0.2, -0.15) is 0 Å². The number of hydrogen-bond acceptors (Lipinski definition) is 4. The molecule has 0 amide bonds. The second kappa shape index (κ2) is 7.67. The summed E-state index contributed by atoms with van der Waals surface area (Å²) in [7, 11) is 0. The van der Waals surface area contributed by atoms with Crippen molar-refractivity contribution in [2.24, 2.45) is 0 Å². The second-order valence-electron chi connectivity index (χ2n) is 5.14. The summed E-state index contributed by atoms with van der Waals surface area (Å²) in [6.45, 7) is 1.78. The average molecular weight is 365 g/mol. The number of aromatic amines is 1. The molecule has 3 aromatic rings. The van der Waals surface area contributed by atoms with Crippen molar-refractivity contribution in [3.8, 4) is 11.1 Å². The van der Waals surface area contributed by atoms with Crippen LogP contribution in [-0.2, 0) is 11.3 Å². The molecule has 6 nitrogen and oxygen atoms in total. The Morgan fingerprint density at radius 3 is 2.54 bits per heavy atom. The molecule has 2 aromatic heterocycles. The summed E-state index contributed by atoms with van der Waals surface area (Å²) in [4.78, 5) is 18.3. The molecule has 2 heterocycles. The van der Waals surface area contributed by atoms with E-state index < -0.39 is 11.3 Å². The third-order valence-electron chi connectivity index (χ3n) is 3.63. The normalized spacial score (nSPS) is 13.2. The van der Waals surface area contributed by atoms with Crippen molar-refractivity contribution in [2.75, 3.05) is 0 Å². The van der Waals surface area contributed by atoms with E-state index in [1.54, 1.807) is 19.2 Å². The van der Waals surface area contributed by atoms with Crippen LogP contribution in [0.1, 0.15) is 18.5 Å². The van der Waals surface area contributed by atoms with Crippen molar-refractivity contribution in [3.05, 3.63) is 64.6 Å². The zero-order valence-corrected chi connectivity index (χ0v) is 14.3. The SMILES string of the molecule is C[C@@H](NS(=O)[O-])c1ccc(-c2ccnc3[nH]c(=O)ccc23)cc1.Cl. The number of pyridine rings is 2. The Balaban J connectivity index is 0.00000208. The summed E-state index contributed by atoms with van der Waals surface area (Å²) >= 11 is -2.30. The number of benzene rings is 1. The van der Waals surface area contributed by atoms with E-state index in [9.17, 15) is 13.6 Å². The molecule has 2 N–H and O–H groups in total. The second-order valence-corrected chi connectivity index (χ2v) is 5.84. The maximum atomic E-state index is 11.4. The van der Waals surface area contributed by atoms with Gasteiger partial charge in [-0.3, -0.25) is 9.00 Å². The van der Waals surface area contributed by atoms with Crippen LogP contribution in [0.3, 0.4) is 0 Å². The molecule has 0 aliphatic carbocycles. The molecule has 1 unspecified atom stereocenters. The largest absolute Gasteiger partial charge is 0.760 e. The minimum atomic E-state index is -2.30. The van der Waals surface area contributed by atoms with Crippen LogP contribution >= 0.6 is 12.4 Å². The number of hydrogen-bond donors (Lipinski definition) is 2. The van der Waals surface area contributed by atoms with Crippen molar-refractivity contribution >= 4 is 34.7 Å². The van der Waals surface area contributed by atoms with Crippen LogP contribution in [0.5, 0.6) is 0 Å². The lowest BCUT2D eigenvalue weighted by Crippen LogP contribution is -2.20. The van der Waals surface area contributed by atoms with Crippen LogP contribution in [0.4, 0.5) is 0 Å². The van der Waals surface area contributed by atoms with E-state index in [4.69, 9.17) is 0 Å². The summed E-state index contributed by atoms with van der Waals surface area (Å²) in [5, 5.41) is 0.853. The summed E-state index contributed by atoms with van der Waals surface area (Å²) in [6, 6.07) is 12.4. The van der Waals surface area contributed by atoms with Gasteiger partial charge in [0.05, 0.1) is 0 Å². The van der Waals surface area contributed by atoms with Crippen LogP contribution in [-0.4, -0.2) is 18.7 Å². The Kier molecular flexibility index (Phi) is 5.84. The zero-order valence-electron chi connectivity index (χ0n) is 12.7. The lowest BCUT2D eigenvalue weighted by atomic mass is 10.00. The predicted molar refractivity (Wildman–Crippen MR) is 95.5 cm³/mol. The lowest BCUT2D eigenvalue weighted by molar-refractivity contribution is 0.512. The number of nitrogens with one attached hydrogen (secondary N) is 2. The number of nitrogens with zero attached hydrogens (tertiary/aromatic N) is 1. The molecule has 0 saturated heterocycles. The fourth-order valence-electron chi connectivity index (χ4n) is 2.47. The number of aromatic nitrogens is 2. The monoisotopic (exact) mass is 364 g/mol. The van der Waals surface area contributed by atoms with Crippen molar-refractivity contribution in [3.63, 3.8) is 0 Å². The fraction of sp³-hybridized carbons (Fsp3) is 0.125. The van der Waals surface area contributed by atoms with Crippen LogP contribution in [0.25, 0.3) is 22.2 Å². The van der Waals surface area contributed by atoms with Gasteiger partial charge in [0, 0.05) is 35.0 Å². The van der Waals surface area contributed by atoms with Gasteiger partial charge in [0.15, 0.2) is 0 Å². The zero-order chi connectivity index (χ0) is 16.4. The van der Waals surface area contributed by atoms with Gasteiger partial charge in [-0.1, -0.05) is 24.3 Å². The highest BCUT2D eigenvalue weighted by molar-refractivity contribution is 7.77. The molecule has 0 aliphatic rings. The van der Waals surface area contributed by atoms with E-state index >= 15 is 0 Å². The Labute approximate surface area is 147 Å². The van der Waals surface area contributed by atoms with Crippen LogP contribution in [0, 0.1) is 0 Å². The van der Waals surface area contributed by atoms with E-state index in [-0.39, 0.29) is 24.0 Å². The van der Waals surface area contributed by atoms with Gasteiger partial charge in [0.25, 0.3) is 0 Å². The number of halogens is 1. The highest BCUT2D eigenvalue weighted by Gasteiger charge is 2.08. The van der Waals surface area contributed by atoms with E-state index in [1.807, 2.05) is 30.3 Å². The van der Waals surface area contributed by atoms with Crippen molar-refractivity contribution in [1.82, 2.24) is 14.7 Å². The number of fused-ring (bicyclic) bond motifs is 1. The Morgan fingerprint density at radius 2 is 1.88 bits per heavy atom. The van der Waals surface area contributed by atoms with Gasteiger partial charge in [0.2, 0.25) is 5.56 Å². The third kappa shape index (κ3) is 3.88. The van der Waals surface area contributed by atoms with E-state index in [0.29, 0.717) is 5.65 Å². The quantitative estimate of drug-likeness (QED) is 0.695. The van der Waals surface area contributed by atoms with Gasteiger partial charge < -0.3 is 9.54 Å². The van der Waals surface area contributed by atoms with Crippen molar-refractivity contribution in [1.29, 1.82) is 0 Å². The smallest absolute Gasteiger partial charge is 0.249 e. The van der Waals surface area contributed by atoms with E-state index in [1.165, 1.54) is 6.07 Å².